The Bertz CT molecular complexity index is 406. The lowest BCUT2D eigenvalue weighted by molar-refractivity contribution is -0.153. The van der Waals surface area contributed by atoms with Crippen molar-refractivity contribution in [2.24, 2.45) is 11.3 Å². The molecule has 1 heterocycles. The summed E-state index contributed by atoms with van der Waals surface area (Å²) in [7, 11) is 1.32. The van der Waals surface area contributed by atoms with Gasteiger partial charge in [-0.05, 0) is 32.1 Å². The largest absolute Gasteiger partial charge is 0.468 e. The van der Waals surface area contributed by atoms with E-state index in [0.29, 0.717) is 18.6 Å². The summed E-state index contributed by atoms with van der Waals surface area (Å²) in [6, 6.07) is 0. The van der Waals surface area contributed by atoms with Crippen LogP contribution in [0.5, 0.6) is 0 Å². The number of methoxy groups -OCH3 is 1. The molecule has 4 nitrogen and oxygen atoms in total. The molecule has 0 aromatic heterocycles. The predicted molar refractivity (Wildman–Crippen MR) is 63.8 cm³/mol. The number of fused-ring (bicyclic) bond motifs is 3. The zero-order valence-corrected chi connectivity index (χ0v) is 10.6. The van der Waals surface area contributed by atoms with Crippen molar-refractivity contribution in [3.05, 3.63) is 12.2 Å². The Morgan fingerprint density at radius 3 is 2.39 bits per heavy atom. The van der Waals surface area contributed by atoms with Crippen molar-refractivity contribution in [3.63, 3.8) is 0 Å². The molecule has 1 saturated heterocycles. The zero-order valence-electron chi connectivity index (χ0n) is 10.6. The van der Waals surface area contributed by atoms with E-state index in [1.807, 2.05) is 6.08 Å². The fraction of sp³-hybridized carbons (Fsp3) is 0.714. The molecular weight excluding hydrogens is 232 g/mol. The second kappa shape index (κ2) is 4.19. The molecule has 0 amide bonds. The Hall–Kier alpha value is -1.16. The molecule has 4 rings (SSSR count). The normalized spacial score (nSPS) is 42.3. The van der Waals surface area contributed by atoms with Crippen molar-refractivity contribution in [2.45, 2.75) is 44.3 Å². The van der Waals surface area contributed by atoms with Crippen molar-refractivity contribution in [3.8, 4) is 0 Å². The highest BCUT2D eigenvalue weighted by atomic mass is 16.6. The third-order valence-corrected chi connectivity index (χ3v) is 4.45. The number of esters is 1. The highest BCUT2D eigenvalue weighted by Gasteiger charge is 2.55. The first-order chi connectivity index (χ1) is 8.67. The van der Waals surface area contributed by atoms with Crippen LogP contribution in [0.25, 0.3) is 0 Å². The molecule has 0 spiro atoms. The standard InChI is InChI=1S/C9H10O3.C5H8O/c1-12-8(11)9-4-2-6(3-5-9)7(9)10;1-2-4-5(3-1)6-4/h2,4,6H,3,5H2,1H3;4-5H,1-3H2. The maximum Gasteiger partial charge on any atom is 0.323 e. The molecule has 18 heavy (non-hydrogen) atoms. The van der Waals surface area contributed by atoms with E-state index in [9.17, 15) is 9.59 Å². The summed E-state index contributed by atoms with van der Waals surface area (Å²) in [6.45, 7) is 0. The fourth-order valence-electron chi connectivity index (χ4n) is 3.26. The maximum atomic E-state index is 11.5. The van der Waals surface area contributed by atoms with Gasteiger partial charge in [0.2, 0.25) is 0 Å². The Labute approximate surface area is 106 Å². The number of carbonyl (C=O) groups excluding carboxylic acids is 2. The van der Waals surface area contributed by atoms with Crippen LogP contribution in [-0.2, 0) is 19.1 Å². The summed E-state index contributed by atoms with van der Waals surface area (Å²) in [5.74, 6) is -0.401. The van der Waals surface area contributed by atoms with Gasteiger partial charge in [-0.15, -0.1) is 0 Å². The third kappa shape index (κ3) is 1.70. The zero-order chi connectivity index (χ0) is 12.8. The maximum absolute atomic E-state index is 11.5. The topological polar surface area (TPSA) is 55.9 Å². The van der Waals surface area contributed by atoms with Crippen molar-refractivity contribution in [2.75, 3.05) is 7.11 Å². The van der Waals surface area contributed by atoms with E-state index < -0.39 is 11.4 Å². The molecular formula is C14H18O4. The number of ether oxygens (including phenoxy) is 2. The van der Waals surface area contributed by atoms with E-state index in [1.165, 1.54) is 26.4 Å². The molecule has 0 radical (unpaired) electrons. The van der Waals surface area contributed by atoms with E-state index in [4.69, 9.17) is 4.74 Å². The van der Waals surface area contributed by atoms with Crippen molar-refractivity contribution in [1.82, 2.24) is 0 Å². The minimum Gasteiger partial charge on any atom is -0.468 e. The molecule has 0 N–H and O–H groups in total. The highest BCUT2D eigenvalue weighted by molar-refractivity contribution is 6.11. The average Bonchev–Trinajstić information content (AvgIpc) is 2.74. The number of allylic oxidation sites excluding steroid dienone is 1. The first-order valence-electron chi connectivity index (χ1n) is 6.65. The number of Topliss-reactive ketones (excluding diaryl/α,β-unsaturated/α-hetero) is 1. The third-order valence-electron chi connectivity index (χ3n) is 4.45. The Balaban J connectivity index is 0.000000137. The van der Waals surface area contributed by atoms with Gasteiger partial charge in [-0.1, -0.05) is 12.2 Å². The van der Waals surface area contributed by atoms with Crippen LogP contribution in [0.4, 0.5) is 0 Å². The quantitative estimate of drug-likeness (QED) is 0.307. The van der Waals surface area contributed by atoms with E-state index in [0.717, 1.165) is 6.42 Å². The van der Waals surface area contributed by atoms with E-state index in [1.54, 1.807) is 6.08 Å². The van der Waals surface area contributed by atoms with Gasteiger partial charge >= 0.3 is 5.97 Å². The van der Waals surface area contributed by atoms with E-state index in [2.05, 4.69) is 4.74 Å². The number of rotatable bonds is 1. The molecule has 4 heteroatoms. The lowest BCUT2D eigenvalue weighted by atomic mass is 9.87. The van der Waals surface area contributed by atoms with Crippen LogP contribution < -0.4 is 0 Å². The van der Waals surface area contributed by atoms with Gasteiger partial charge in [0.15, 0.2) is 5.78 Å². The van der Waals surface area contributed by atoms with Crippen molar-refractivity contribution in [1.29, 1.82) is 0 Å². The summed E-state index contributed by atoms with van der Waals surface area (Å²) in [6.07, 6.45) is 10.5. The molecule has 2 saturated carbocycles. The lowest BCUT2D eigenvalue weighted by Crippen LogP contribution is -2.33. The van der Waals surface area contributed by atoms with Crippen LogP contribution in [0.1, 0.15) is 32.1 Å². The molecule has 4 atom stereocenters. The van der Waals surface area contributed by atoms with E-state index >= 15 is 0 Å². The molecule has 4 aliphatic rings. The van der Waals surface area contributed by atoms with Gasteiger partial charge in [-0.2, -0.15) is 0 Å². The number of hydrogen-bond donors (Lipinski definition) is 0. The lowest BCUT2D eigenvalue weighted by Gasteiger charge is -2.17. The monoisotopic (exact) mass is 250 g/mol. The molecule has 3 fully saturated rings. The van der Waals surface area contributed by atoms with Crippen LogP contribution in [0.15, 0.2) is 12.2 Å². The molecule has 3 aliphatic carbocycles. The van der Waals surface area contributed by atoms with Crippen LogP contribution in [-0.4, -0.2) is 31.1 Å². The first kappa shape index (κ1) is 11.9. The summed E-state index contributed by atoms with van der Waals surface area (Å²) >= 11 is 0. The van der Waals surface area contributed by atoms with E-state index in [-0.39, 0.29) is 11.7 Å². The summed E-state index contributed by atoms with van der Waals surface area (Å²) < 4.78 is 9.77. The number of epoxide rings is 1. The highest BCUT2D eigenvalue weighted by Crippen LogP contribution is 2.46. The smallest absolute Gasteiger partial charge is 0.323 e. The Morgan fingerprint density at radius 1 is 1.39 bits per heavy atom. The predicted octanol–water partition coefficient (Wildman–Crippen LogP) is 1.63. The van der Waals surface area contributed by atoms with Crippen LogP contribution in [0.3, 0.4) is 0 Å². The molecule has 0 aromatic rings. The van der Waals surface area contributed by atoms with Crippen LogP contribution in [0, 0.1) is 11.3 Å². The fourth-order valence-corrected chi connectivity index (χ4v) is 3.26. The molecule has 0 aromatic carbocycles. The average molecular weight is 250 g/mol. The number of carbonyl (C=O) groups is 2. The molecule has 2 bridgehead atoms. The summed E-state index contributed by atoms with van der Waals surface area (Å²) in [4.78, 5) is 22.8. The Kier molecular flexibility index (Phi) is 2.77. The molecule has 98 valence electrons. The second-order valence-corrected chi connectivity index (χ2v) is 5.48. The molecule has 1 aliphatic heterocycles. The molecule has 4 unspecified atom stereocenters. The minimum absolute atomic E-state index is 0.0225. The van der Waals surface area contributed by atoms with Crippen molar-refractivity contribution >= 4 is 11.8 Å². The SMILES string of the molecule is C1CC2OC2C1.COC(=O)C12C=CC(CC1)C2=O. The van der Waals surface area contributed by atoms with Gasteiger partial charge in [0.05, 0.1) is 19.3 Å². The second-order valence-electron chi connectivity index (χ2n) is 5.48. The van der Waals surface area contributed by atoms with Gasteiger partial charge in [0.25, 0.3) is 0 Å². The van der Waals surface area contributed by atoms with Gasteiger partial charge in [0.1, 0.15) is 5.41 Å². The first-order valence-corrected chi connectivity index (χ1v) is 6.65. The summed E-state index contributed by atoms with van der Waals surface area (Å²) in [5.41, 5.74) is -0.903. The van der Waals surface area contributed by atoms with Crippen LogP contribution in [0.2, 0.25) is 0 Å². The Morgan fingerprint density at radius 2 is 2.11 bits per heavy atom. The van der Waals surface area contributed by atoms with Gasteiger partial charge in [-0.25, -0.2) is 0 Å². The van der Waals surface area contributed by atoms with Crippen molar-refractivity contribution < 1.29 is 19.1 Å². The van der Waals surface area contributed by atoms with Gasteiger partial charge < -0.3 is 9.47 Å². The van der Waals surface area contributed by atoms with Gasteiger partial charge in [-0.3, -0.25) is 9.59 Å². The number of ketones is 1. The summed E-state index contributed by atoms with van der Waals surface area (Å²) in [5, 5.41) is 0. The number of hydrogen-bond acceptors (Lipinski definition) is 4. The minimum atomic E-state index is -0.903. The van der Waals surface area contributed by atoms with Crippen LogP contribution >= 0.6 is 0 Å². The van der Waals surface area contributed by atoms with Gasteiger partial charge in [0, 0.05) is 5.92 Å².